The summed E-state index contributed by atoms with van der Waals surface area (Å²) in [5.74, 6) is 0.739. The maximum absolute atomic E-state index is 10.5. The van der Waals surface area contributed by atoms with Gasteiger partial charge in [-0.25, -0.2) is 4.98 Å². The molecule has 0 aliphatic rings. The van der Waals surface area contributed by atoms with E-state index in [1.807, 2.05) is 6.92 Å². The number of hydrogen-bond donors (Lipinski definition) is 2. The molecule has 4 nitrogen and oxygen atoms in total. The van der Waals surface area contributed by atoms with Gasteiger partial charge in [-0.3, -0.25) is 4.79 Å². The Bertz CT molecular complexity index is 473. The van der Waals surface area contributed by atoms with Gasteiger partial charge in [0.25, 0.3) is 0 Å². The van der Waals surface area contributed by atoms with Gasteiger partial charge in [0.2, 0.25) is 0 Å². The largest absolute Gasteiger partial charge is 0.341 e. The van der Waals surface area contributed by atoms with Crippen molar-refractivity contribution >= 4 is 17.3 Å². The second kappa shape index (κ2) is 3.23. The third kappa shape index (κ3) is 1.40. The van der Waals surface area contributed by atoms with Gasteiger partial charge in [0.05, 0.1) is 17.1 Å². The molecule has 0 fully saturated rings. The van der Waals surface area contributed by atoms with E-state index in [9.17, 15) is 4.79 Å². The van der Waals surface area contributed by atoms with Crippen molar-refractivity contribution in [2.75, 3.05) is 0 Å². The van der Waals surface area contributed by atoms with Gasteiger partial charge < -0.3 is 10.7 Å². The summed E-state index contributed by atoms with van der Waals surface area (Å²) in [6, 6.07) is 5.19. The Morgan fingerprint density at radius 1 is 1.57 bits per heavy atom. The number of carbonyl (C=O) groups is 1. The van der Waals surface area contributed by atoms with Crippen molar-refractivity contribution in [1.82, 2.24) is 9.97 Å². The Morgan fingerprint density at radius 3 is 3.00 bits per heavy atom. The van der Waals surface area contributed by atoms with Crippen molar-refractivity contribution in [3.8, 4) is 0 Å². The SMILES string of the molecule is CC(N)c1nc2ccc(C=O)cc2[nH]1. The fourth-order valence-electron chi connectivity index (χ4n) is 1.34. The number of H-pyrrole nitrogens is 1. The standard InChI is InChI=1S/C10H11N3O/c1-6(11)10-12-8-3-2-7(5-14)4-9(8)13-10/h2-6H,11H2,1H3,(H,12,13). The molecule has 14 heavy (non-hydrogen) atoms. The monoisotopic (exact) mass is 189 g/mol. The van der Waals surface area contributed by atoms with E-state index in [4.69, 9.17) is 5.73 Å². The van der Waals surface area contributed by atoms with Crippen molar-refractivity contribution in [3.63, 3.8) is 0 Å². The number of imidazole rings is 1. The fourth-order valence-corrected chi connectivity index (χ4v) is 1.34. The van der Waals surface area contributed by atoms with Gasteiger partial charge in [0.1, 0.15) is 12.1 Å². The number of aldehydes is 1. The number of nitrogens with two attached hydrogens (primary N) is 1. The zero-order valence-electron chi connectivity index (χ0n) is 7.82. The van der Waals surface area contributed by atoms with Gasteiger partial charge >= 0.3 is 0 Å². The number of aromatic amines is 1. The molecule has 1 atom stereocenters. The lowest BCUT2D eigenvalue weighted by atomic mass is 10.2. The second-order valence-corrected chi connectivity index (χ2v) is 3.31. The lowest BCUT2D eigenvalue weighted by Crippen LogP contribution is -2.06. The van der Waals surface area contributed by atoms with Crippen molar-refractivity contribution in [2.24, 2.45) is 5.73 Å². The van der Waals surface area contributed by atoms with E-state index in [0.29, 0.717) is 5.56 Å². The molecule has 1 heterocycles. The highest BCUT2D eigenvalue weighted by atomic mass is 16.1. The molecule has 3 N–H and O–H groups in total. The molecule has 1 unspecified atom stereocenters. The molecule has 0 saturated heterocycles. The van der Waals surface area contributed by atoms with Crippen molar-refractivity contribution in [1.29, 1.82) is 0 Å². The zero-order valence-corrected chi connectivity index (χ0v) is 7.82. The molecule has 0 aliphatic carbocycles. The Hall–Kier alpha value is -1.68. The number of fused-ring (bicyclic) bond motifs is 1. The van der Waals surface area contributed by atoms with Gasteiger partial charge in [-0.05, 0) is 25.1 Å². The van der Waals surface area contributed by atoms with E-state index in [2.05, 4.69) is 9.97 Å². The summed E-state index contributed by atoms with van der Waals surface area (Å²) in [6.45, 7) is 1.86. The number of nitrogens with one attached hydrogen (secondary N) is 1. The molecule has 4 heteroatoms. The second-order valence-electron chi connectivity index (χ2n) is 3.31. The summed E-state index contributed by atoms with van der Waals surface area (Å²) >= 11 is 0. The lowest BCUT2D eigenvalue weighted by Gasteiger charge is -1.96. The van der Waals surface area contributed by atoms with Crippen LogP contribution in [0, 0.1) is 0 Å². The highest BCUT2D eigenvalue weighted by Gasteiger charge is 2.06. The normalized spacial score (nSPS) is 13.0. The molecule has 1 aromatic carbocycles. The Kier molecular flexibility index (Phi) is 2.05. The molecular formula is C10H11N3O. The van der Waals surface area contributed by atoms with Crippen LogP contribution in [-0.4, -0.2) is 16.3 Å². The van der Waals surface area contributed by atoms with Crippen LogP contribution in [0.1, 0.15) is 29.1 Å². The van der Waals surface area contributed by atoms with Crippen LogP contribution in [0.25, 0.3) is 11.0 Å². The molecule has 2 aromatic rings. The van der Waals surface area contributed by atoms with E-state index < -0.39 is 0 Å². The van der Waals surface area contributed by atoms with Gasteiger partial charge in [0, 0.05) is 5.56 Å². The molecule has 1 aromatic heterocycles. The fraction of sp³-hybridized carbons (Fsp3) is 0.200. The number of carbonyl (C=O) groups excluding carboxylic acids is 1. The van der Waals surface area contributed by atoms with Crippen LogP contribution in [-0.2, 0) is 0 Å². The number of rotatable bonds is 2. The van der Waals surface area contributed by atoms with Gasteiger partial charge in [-0.1, -0.05) is 0 Å². The third-order valence-electron chi connectivity index (χ3n) is 2.09. The minimum absolute atomic E-state index is 0.123. The first-order valence-electron chi connectivity index (χ1n) is 4.41. The smallest absolute Gasteiger partial charge is 0.150 e. The van der Waals surface area contributed by atoms with Crippen LogP contribution in [0.4, 0.5) is 0 Å². The van der Waals surface area contributed by atoms with E-state index in [0.717, 1.165) is 23.1 Å². The van der Waals surface area contributed by atoms with E-state index in [1.54, 1.807) is 18.2 Å². The molecule has 0 spiro atoms. The highest BCUT2D eigenvalue weighted by molar-refractivity contribution is 5.84. The van der Waals surface area contributed by atoms with Crippen LogP contribution < -0.4 is 5.73 Å². The summed E-state index contributed by atoms with van der Waals surface area (Å²) in [5, 5.41) is 0. The van der Waals surface area contributed by atoms with Gasteiger partial charge in [0.15, 0.2) is 0 Å². The van der Waals surface area contributed by atoms with Crippen LogP contribution in [0.15, 0.2) is 18.2 Å². The van der Waals surface area contributed by atoms with Crippen LogP contribution in [0.5, 0.6) is 0 Å². The lowest BCUT2D eigenvalue weighted by molar-refractivity contribution is 0.112. The molecule has 0 aliphatic heterocycles. The summed E-state index contributed by atoms with van der Waals surface area (Å²) in [4.78, 5) is 17.9. The molecular weight excluding hydrogens is 178 g/mol. The predicted octanol–water partition coefficient (Wildman–Crippen LogP) is 1.40. The maximum atomic E-state index is 10.5. The average molecular weight is 189 g/mol. The van der Waals surface area contributed by atoms with E-state index >= 15 is 0 Å². The zero-order chi connectivity index (χ0) is 10.1. The first-order chi connectivity index (χ1) is 6.70. The third-order valence-corrected chi connectivity index (χ3v) is 2.09. The Balaban J connectivity index is 2.59. The summed E-state index contributed by atoms with van der Waals surface area (Å²) in [6.07, 6.45) is 0.811. The molecule has 72 valence electrons. The summed E-state index contributed by atoms with van der Waals surface area (Å²) in [5.41, 5.74) is 8.01. The van der Waals surface area contributed by atoms with E-state index in [-0.39, 0.29) is 6.04 Å². The molecule has 0 saturated carbocycles. The number of hydrogen-bond acceptors (Lipinski definition) is 3. The van der Waals surface area contributed by atoms with Crippen LogP contribution in [0.3, 0.4) is 0 Å². The van der Waals surface area contributed by atoms with Crippen molar-refractivity contribution in [2.45, 2.75) is 13.0 Å². The van der Waals surface area contributed by atoms with Crippen molar-refractivity contribution in [3.05, 3.63) is 29.6 Å². The minimum atomic E-state index is -0.123. The number of aromatic nitrogens is 2. The Morgan fingerprint density at radius 2 is 2.36 bits per heavy atom. The summed E-state index contributed by atoms with van der Waals surface area (Å²) < 4.78 is 0. The highest BCUT2D eigenvalue weighted by Crippen LogP contribution is 2.15. The number of nitrogens with zero attached hydrogens (tertiary/aromatic N) is 1. The molecule has 0 bridgehead atoms. The van der Waals surface area contributed by atoms with Gasteiger partial charge in [-0.2, -0.15) is 0 Å². The molecule has 0 radical (unpaired) electrons. The minimum Gasteiger partial charge on any atom is -0.341 e. The van der Waals surface area contributed by atoms with Crippen molar-refractivity contribution < 1.29 is 4.79 Å². The average Bonchev–Trinajstić information content (AvgIpc) is 2.59. The molecule has 0 amide bonds. The van der Waals surface area contributed by atoms with Crippen LogP contribution in [0.2, 0.25) is 0 Å². The first kappa shape index (κ1) is 8.90. The topological polar surface area (TPSA) is 71.8 Å². The first-order valence-corrected chi connectivity index (χ1v) is 4.41. The van der Waals surface area contributed by atoms with E-state index in [1.165, 1.54) is 0 Å². The Labute approximate surface area is 81.1 Å². The number of benzene rings is 1. The quantitative estimate of drug-likeness (QED) is 0.701. The predicted molar refractivity (Wildman–Crippen MR) is 54.1 cm³/mol. The summed E-state index contributed by atoms with van der Waals surface area (Å²) in [7, 11) is 0. The molecule has 2 rings (SSSR count). The maximum Gasteiger partial charge on any atom is 0.150 e. The van der Waals surface area contributed by atoms with Crippen LogP contribution >= 0.6 is 0 Å². The van der Waals surface area contributed by atoms with Gasteiger partial charge in [-0.15, -0.1) is 0 Å².